The minimum absolute atomic E-state index is 1.11. The Balaban J connectivity index is 2.13. The van der Waals surface area contributed by atoms with E-state index in [0.717, 1.165) is 13.0 Å². The van der Waals surface area contributed by atoms with Crippen LogP contribution < -0.4 is 11.0 Å². The third kappa shape index (κ3) is 4.01. The molecule has 2 N–H and O–H groups in total. The number of rotatable bonds is 7. The summed E-state index contributed by atoms with van der Waals surface area (Å²) < 4.78 is 0. The first-order chi connectivity index (χ1) is 6.86. The zero-order valence-electron chi connectivity index (χ0n) is 9.47. The molecule has 0 fully saturated rings. The summed E-state index contributed by atoms with van der Waals surface area (Å²) in [6.07, 6.45) is 9.75. The van der Waals surface area contributed by atoms with Crippen molar-refractivity contribution in [2.45, 2.75) is 52.4 Å². The minimum Gasteiger partial charge on any atom is -0.306 e. The Bertz CT molecular complexity index is 177. The summed E-state index contributed by atoms with van der Waals surface area (Å²) in [5, 5.41) is 2.15. The topological polar surface area (TPSA) is 27.3 Å². The van der Waals surface area contributed by atoms with E-state index in [4.69, 9.17) is 0 Å². The summed E-state index contributed by atoms with van der Waals surface area (Å²) in [4.78, 5) is 0. The van der Waals surface area contributed by atoms with Crippen LogP contribution in [0.3, 0.4) is 0 Å². The Kier molecular flexibility index (Phi) is 5.45. The van der Waals surface area contributed by atoms with Crippen LogP contribution >= 0.6 is 0 Å². The van der Waals surface area contributed by atoms with E-state index >= 15 is 0 Å². The van der Waals surface area contributed by atoms with Crippen molar-refractivity contribution in [3.05, 3.63) is 11.9 Å². The molecule has 3 heteroatoms. The van der Waals surface area contributed by atoms with Crippen LogP contribution in [-0.4, -0.2) is 11.6 Å². The third-order valence-electron chi connectivity index (χ3n) is 2.47. The average molecular weight is 197 g/mol. The third-order valence-corrected chi connectivity index (χ3v) is 2.47. The Morgan fingerprint density at radius 3 is 2.64 bits per heavy atom. The summed E-state index contributed by atoms with van der Waals surface area (Å²) >= 11 is 0. The molecule has 0 spiro atoms. The van der Waals surface area contributed by atoms with Gasteiger partial charge in [-0.2, -0.15) is 0 Å². The van der Waals surface area contributed by atoms with Gasteiger partial charge in [0, 0.05) is 18.4 Å². The van der Waals surface area contributed by atoms with Crippen molar-refractivity contribution in [3.8, 4) is 0 Å². The zero-order valence-corrected chi connectivity index (χ0v) is 9.47. The average Bonchev–Trinajstić information content (AvgIpc) is 2.63. The van der Waals surface area contributed by atoms with Crippen LogP contribution in [0.2, 0.25) is 0 Å². The molecule has 0 amide bonds. The molecule has 0 radical (unpaired) electrons. The van der Waals surface area contributed by atoms with E-state index < -0.39 is 0 Å². The Morgan fingerprint density at radius 2 is 1.93 bits per heavy atom. The van der Waals surface area contributed by atoms with Crippen LogP contribution in [0.5, 0.6) is 0 Å². The van der Waals surface area contributed by atoms with Gasteiger partial charge < -0.3 is 5.43 Å². The molecule has 0 saturated carbocycles. The quantitative estimate of drug-likeness (QED) is 0.614. The van der Waals surface area contributed by atoms with E-state index in [1.54, 1.807) is 0 Å². The predicted molar refractivity (Wildman–Crippen MR) is 60.1 cm³/mol. The van der Waals surface area contributed by atoms with E-state index in [2.05, 4.69) is 36.0 Å². The van der Waals surface area contributed by atoms with Gasteiger partial charge in [0.2, 0.25) is 0 Å². The fourth-order valence-corrected chi connectivity index (χ4v) is 1.54. The lowest BCUT2D eigenvalue weighted by Crippen LogP contribution is -2.36. The summed E-state index contributed by atoms with van der Waals surface area (Å²) in [7, 11) is 0. The molecular weight excluding hydrogens is 174 g/mol. The molecule has 1 aliphatic rings. The number of nitrogens with zero attached hydrogens (tertiary/aromatic N) is 1. The lowest BCUT2D eigenvalue weighted by atomic mass is 10.2. The lowest BCUT2D eigenvalue weighted by molar-refractivity contribution is 0.264. The van der Waals surface area contributed by atoms with Gasteiger partial charge >= 0.3 is 0 Å². The molecule has 82 valence electrons. The number of nitrogens with one attached hydrogen (secondary N) is 2. The fourth-order valence-electron chi connectivity index (χ4n) is 1.54. The zero-order chi connectivity index (χ0) is 10.2. The van der Waals surface area contributed by atoms with Crippen LogP contribution in [0, 0.1) is 0 Å². The molecule has 14 heavy (non-hydrogen) atoms. The number of unbranched alkanes of at least 4 members (excludes halogenated alkanes) is 3. The van der Waals surface area contributed by atoms with Gasteiger partial charge in [0.1, 0.15) is 0 Å². The molecule has 0 aromatic heterocycles. The Morgan fingerprint density at radius 1 is 1.14 bits per heavy atom. The van der Waals surface area contributed by atoms with Crippen LogP contribution in [-0.2, 0) is 0 Å². The molecule has 0 bridgehead atoms. The highest BCUT2D eigenvalue weighted by atomic mass is 15.7. The van der Waals surface area contributed by atoms with Crippen LogP contribution in [0.1, 0.15) is 52.4 Å². The molecule has 0 atom stereocenters. The van der Waals surface area contributed by atoms with Crippen molar-refractivity contribution in [3.63, 3.8) is 0 Å². The smallest absolute Gasteiger partial charge is 0.0453 e. The normalized spacial score (nSPS) is 15.6. The lowest BCUT2D eigenvalue weighted by Gasteiger charge is -2.14. The van der Waals surface area contributed by atoms with Crippen LogP contribution in [0.25, 0.3) is 0 Å². The van der Waals surface area contributed by atoms with Gasteiger partial charge in [0.05, 0.1) is 0 Å². The van der Waals surface area contributed by atoms with Gasteiger partial charge in [-0.25, -0.2) is 0 Å². The molecule has 0 saturated heterocycles. The van der Waals surface area contributed by atoms with E-state index in [0.29, 0.717) is 0 Å². The molecule has 3 nitrogen and oxygen atoms in total. The highest BCUT2D eigenvalue weighted by molar-refractivity contribution is 5.01. The maximum absolute atomic E-state index is 3.21. The van der Waals surface area contributed by atoms with Gasteiger partial charge in [-0.1, -0.05) is 33.1 Å². The molecule has 0 aromatic rings. The van der Waals surface area contributed by atoms with Crippen molar-refractivity contribution in [1.82, 2.24) is 16.0 Å². The highest BCUT2D eigenvalue weighted by Crippen LogP contribution is 2.09. The van der Waals surface area contributed by atoms with Crippen molar-refractivity contribution < 1.29 is 0 Å². The Labute approximate surface area is 87.5 Å². The minimum atomic E-state index is 1.11. The first-order valence-corrected chi connectivity index (χ1v) is 5.85. The van der Waals surface area contributed by atoms with E-state index in [1.807, 2.05) is 0 Å². The molecule has 0 aromatic carbocycles. The van der Waals surface area contributed by atoms with E-state index in [9.17, 15) is 0 Å². The van der Waals surface area contributed by atoms with Gasteiger partial charge in [-0.3, -0.25) is 5.01 Å². The van der Waals surface area contributed by atoms with E-state index in [-0.39, 0.29) is 0 Å². The van der Waals surface area contributed by atoms with Crippen molar-refractivity contribution in [1.29, 1.82) is 0 Å². The second kappa shape index (κ2) is 6.71. The summed E-state index contributed by atoms with van der Waals surface area (Å²) in [5.41, 5.74) is 7.69. The standard InChI is InChI=1S/C11H23N3/c1-3-5-7-9-14-10-11(12-13-14)8-6-4-2/h10,12-13H,3-9H2,1-2H3. The number of hydrazine groups is 2. The molecule has 0 unspecified atom stereocenters. The van der Waals surface area contributed by atoms with Crippen molar-refractivity contribution in [2.75, 3.05) is 6.54 Å². The molecule has 1 rings (SSSR count). The monoisotopic (exact) mass is 197 g/mol. The second-order valence-electron chi connectivity index (χ2n) is 3.90. The summed E-state index contributed by atoms with van der Waals surface area (Å²) in [6.45, 7) is 5.57. The first kappa shape index (κ1) is 11.4. The fraction of sp³-hybridized carbons (Fsp3) is 0.818. The summed E-state index contributed by atoms with van der Waals surface area (Å²) in [6, 6.07) is 0. The number of hydrogen-bond acceptors (Lipinski definition) is 3. The van der Waals surface area contributed by atoms with Gasteiger partial charge in [0.25, 0.3) is 0 Å². The van der Waals surface area contributed by atoms with Gasteiger partial charge in [0.15, 0.2) is 0 Å². The molecular formula is C11H23N3. The number of hydrogen-bond donors (Lipinski definition) is 2. The van der Waals surface area contributed by atoms with Crippen molar-refractivity contribution in [2.24, 2.45) is 0 Å². The maximum Gasteiger partial charge on any atom is 0.0453 e. The highest BCUT2D eigenvalue weighted by Gasteiger charge is 2.08. The van der Waals surface area contributed by atoms with Gasteiger partial charge in [-0.15, -0.1) is 5.53 Å². The van der Waals surface area contributed by atoms with E-state index in [1.165, 1.54) is 37.8 Å². The van der Waals surface area contributed by atoms with Crippen LogP contribution in [0.4, 0.5) is 0 Å². The second-order valence-corrected chi connectivity index (χ2v) is 3.90. The number of allylic oxidation sites excluding steroid dienone is 1. The first-order valence-electron chi connectivity index (χ1n) is 5.85. The molecule has 1 heterocycles. The molecule has 0 aliphatic carbocycles. The maximum atomic E-state index is 3.21. The predicted octanol–water partition coefficient (Wildman–Crippen LogP) is 2.53. The Hall–Kier alpha value is -0.700. The largest absolute Gasteiger partial charge is 0.306 e. The summed E-state index contributed by atoms with van der Waals surface area (Å²) in [5.74, 6) is 0. The van der Waals surface area contributed by atoms with Crippen LogP contribution in [0.15, 0.2) is 11.9 Å². The molecule has 1 aliphatic heterocycles. The van der Waals surface area contributed by atoms with Crippen molar-refractivity contribution >= 4 is 0 Å². The SMILES string of the molecule is CCCCCN1C=C(CCCC)NN1. The van der Waals surface area contributed by atoms with Gasteiger partial charge in [-0.05, 0) is 19.3 Å².